The molecule has 6 aromatic carbocycles. The summed E-state index contributed by atoms with van der Waals surface area (Å²) in [5.41, 5.74) is 6.23. The van der Waals surface area contributed by atoms with Crippen molar-refractivity contribution in [1.82, 2.24) is 10.6 Å². The van der Waals surface area contributed by atoms with Crippen molar-refractivity contribution >= 4 is 82.7 Å². The van der Waals surface area contributed by atoms with Crippen LogP contribution in [0.2, 0.25) is 0 Å². The molecule has 2 unspecified atom stereocenters. The summed E-state index contributed by atoms with van der Waals surface area (Å²) in [6.07, 6.45) is 1.01. The molecule has 6 aromatic rings. The summed E-state index contributed by atoms with van der Waals surface area (Å²) >= 11 is 4.26. The molecule has 64 heavy (non-hydrogen) atoms. The fourth-order valence-electron chi connectivity index (χ4n) is 7.65. The minimum absolute atomic E-state index is 0. The minimum atomic E-state index is -2.21. The molecule has 0 spiro atoms. The van der Waals surface area contributed by atoms with E-state index in [1.54, 1.807) is 0 Å². The summed E-state index contributed by atoms with van der Waals surface area (Å²) in [6.45, 7) is -0.122. The molecule has 0 radical (unpaired) electrons. The molecule has 0 saturated carbocycles. The van der Waals surface area contributed by atoms with Crippen molar-refractivity contribution in [3.05, 3.63) is 182 Å². The SMILES string of the molecule is NC(CCC(=O)NC(CS)C(=O)NCC(=O)OCC[P+](c1ccccc1)(c1ccccc1)c1ccccc1)C(=O)OCC[P+](c1ccccc1)(c1ccccc1)c1ccccc1.[Br-].[Br-]. The zero-order chi connectivity index (χ0) is 43.6. The third-order valence-electron chi connectivity index (χ3n) is 10.8. The molecule has 0 aliphatic rings. The van der Waals surface area contributed by atoms with E-state index < -0.39 is 50.4 Å². The van der Waals surface area contributed by atoms with Crippen LogP contribution in [0, 0.1) is 0 Å². The van der Waals surface area contributed by atoms with Crippen LogP contribution < -0.4 is 82.2 Å². The molecule has 0 heterocycles. The van der Waals surface area contributed by atoms with Crippen molar-refractivity contribution in [2.75, 3.05) is 37.8 Å². The van der Waals surface area contributed by atoms with E-state index in [0.717, 1.165) is 0 Å². The van der Waals surface area contributed by atoms with Crippen molar-refractivity contribution in [2.45, 2.75) is 24.9 Å². The number of nitrogens with two attached hydrogens (primary N) is 1. The standard InChI is InChI=1S/C50H51N3O6P2S.2BrH/c51-45(50(57)59-34-36-61(42-25-13-4-14-26-42,43-27-15-5-16-28-43)44-29-17-6-18-30-44)31-32-47(54)53-46(38-62)49(56)52-37-48(55)58-33-35-60(39-19-7-1-8-20-39,40-21-9-2-10-22-40)41-23-11-3-12-24-41;;/h1-30,45-46H,31-38,51H2,(H-2,52,53,54,56,62);2*1H. The first-order valence-electron chi connectivity index (χ1n) is 20.6. The van der Waals surface area contributed by atoms with Gasteiger partial charge < -0.3 is 59.8 Å². The molecule has 9 nitrogen and oxygen atoms in total. The second kappa shape index (κ2) is 26.3. The van der Waals surface area contributed by atoms with Gasteiger partial charge in [0.15, 0.2) is 0 Å². The number of ether oxygens (including phenoxy) is 2. The van der Waals surface area contributed by atoms with Crippen LogP contribution in [-0.2, 0) is 28.7 Å². The first-order chi connectivity index (χ1) is 30.3. The van der Waals surface area contributed by atoms with Crippen LogP contribution in [0.15, 0.2) is 182 Å². The first kappa shape index (κ1) is 52.0. The number of thiol groups is 1. The van der Waals surface area contributed by atoms with E-state index in [0.29, 0.717) is 12.3 Å². The van der Waals surface area contributed by atoms with Gasteiger partial charge in [0, 0.05) is 12.2 Å². The number of hydrogen-bond donors (Lipinski definition) is 4. The number of carbonyl (C=O) groups is 4. The minimum Gasteiger partial charge on any atom is -1.00 e. The number of rotatable bonds is 21. The van der Waals surface area contributed by atoms with Crippen LogP contribution >= 0.6 is 27.2 Å². The van der Waals surface area contributed by atoms with E-state index in [1.165, 1.54) is 31.8 Å². The van der Waals surface area contributed by atoms with Gasteiger partial charge in [-0.3, -0.25) is 19.2 Å². The molecular weight excluding hydrogens is 992 g/mol. The first-order valence-corrected chi connectivity index (χ1v) is 25.2. The number of amides is 2. The van der Waals surface area contributed by atoms with Gasteiger partial charge in [0.25, 0.3) is 0 Å². The zero-order valence-electron chi connectivity index (χ0n) is 35.3. The average Bonchev–Trinajstić information content (AvgIpc) is 3.33. The smallest absolute Gasteiger partial charge is 0.325 e. The quantitative estimate of drug-likeness (QED) is 0.0401. The van der Waals surface area contributed by atoms with Gasteiger partial charge in [0.1, 0.15) is 90.5 Å². The van der Waals surface area contributed by atoms with E-state index in [9.17, 15) is 19.2 Å². The Balaban J connectivity index is 0.00000449. The Labute approximate surface area is 403 Å². The summed E-state index contributed by atoms with van der Waals surface area (Å²) in [4.78, 5) is 52.2. The number of hydrogen-bond acceptors (Lipinski definition) is 8. The van der Waals surface area contributed by atoms with Crippen LogP contribution in [0.1, 0.15) is 12.8 Å². The maximum absolute atomic E-state index is 13.1. The number of esters is 2. The second-order valence-electron chi connectivity index (χ2n) is 14.6. The Kier molecular flexibility index (Phi) is 21.4. The topological polar surface area (TPSA) is 137 Å². The Morgan fingerprint density at radius 2 is 0.859 bits per heavy atom. The fraction of sp³-hybridized carbons (Fsp3) is 0.200. The lowest BCUT2D eigenvalue weighted by molar-refractivity contribution is -0.145. The Morgan fingerprint density at radius 3 is 1.19 bits per heavy atom. The lowest BCUT2D eigenvalue weighted by atomic mass is 10.1. The van der Waals surface area contributed by atoms with E-state index >= 15 is 0 Å². The van der Waals surface area contributed by atoms with Gasteiger partial charge in [-0.05, 0) is 79.2 Å². The summed E-state index contributed by atoms with van der Waals surface area (Å²) in [7, 11) is -4.43. The number of benzene rings is 6. The largest absolute Gasteiger partial charge is 1.00 e. The highest BCUT2D eigenvalue weighted by atomic mass is 79.9. The van der Waals surface area contributed by atoms with Crippen molar-refractivity contribution in [1.29, 1.82) is 0 Å². The van der Waals surface area contributed by atoms with E-state index in [2.05, 4.69) is 96.1 Å². The van der Waals surface area contributed by atoms with Crippen LogP contribution in [0.25, 0.3) is 0 Å². The highest BCUT2D eigenvalue weighted by Crippen LogP contribution is 2.56. The van der Waals surface area contributed by atoms with Gasteiger partial charge >= 0.3 is 11.9 Å². The van der Waals surface area contributed by atoms with E-state index in [1.807, 2.05) is 109 Å². The zero-order valence-corrected chi connectivity index (χ0v) is 41.1. The molecule has 0 fully saturated rings. The molecule has 0 saturated heterocycles. The molecule has 0 bridgehead atoms. The number of halogens is 2. The molecule has 4 N–H and O–H groups in total. The molecular formula is C50H53Br2N3O6P2S. The molecule has 14 heteroatoms. The van der Waals surface area contributed by atoms with Crippen LogP contribution in [0.3, 0.4) is 0 Å². The third-order valence-corrected chi connectivity index (χ3v) is 19.9. The van der Waals surface area contributed by atoms with Crippen LogP contribution in [0.4, 0.5) is 0 Å². The monoisotopic (exact) mass is 1040 g/mol. The summed E-state index contributed by atoms with van der Waals surface area (Å²) < 4.78 is 11.5. The highest BCUT2D eigenvalue weighted by Gasteiger charge is 2.46. The fourth-order valence-corrected chi connectivity index (χ4v) is 16.1. The van der Waals surface area contributed by atoms with E-state index in [-0.39, 0.29) is 72.3 Å². The Bertz CT molecular complexity index is 2150. The predicted octanol–water partition coefficient (Wildman–Crippen LogP) is -1.29. The normalized spacial score (nSPS) is 12.0. The highest BCUT2D eigenvalue weighted by molar-refractivity contribution is 7.96. The molecule has 0 aliphatic heterocycles. The Hall–Kier alpha value is -4.67. The lowest BCUT2D eigenvalue weighted by Gasteiger charge is -2.27. The molecule has 2 amide bonds. The van der Waals surface area contributed by atoms with Gasteiger partial charge in [-0.15, -0.1) is 0 Å². The molecule has 2 atom stereocenters. The van der Waals surface area contributed by atoms with E-state index in [4.69, 9.17) is 15.2 Å². The summed E-state index contributed by atoms with van der Waals surface area (Å²) in [5, 5.41) is 12.2. The van der Waals surface area contributed by atoms with Gasteiger partial charge in [-0.1, -0.05) is 109 Å². The van der Waals surface area contributed by atoms with Crippen molar-refractivity contribution in [3.63, 3.8) is 0 Å². The van der Waals surface area contributed by atoms with Crippen molar-refractivity contribution < 1.29 is 62.6 Å². The predicted molar refractivity (Wildman–Crippen MR) is 258 cm³/mol. The molecule has 6 rings (SSSR count). The van der Waals surface area contributed by atoms with Gasteiger partial charge in [0.05, 0.1) is 0 Å². The molecule has 0 aromatic heterocycles. The second-order valence-corrected chi connectivity index (χ2v) is 22.2. The van der Waals surface area contributed by atoms with Gasteiger partial charge in [0.2, 0.25) is 11.8 Å². The summed E-state index contributed by atoms with van der Waals surface area (Å²) in [6, 6.07) is 59.6. The van der Waals surface area contributed by atoms with Gasteiger partial charge in [-0.2, -0.15) is 12.6 Å². The van der Waals surface area contributed by atoms with Crippen LogP contribution in [-0.4, -0.2) is 73.7 Å². The maximum atomic E-state index is 13.1. The number of nitrogens with one attached hydrogen (secondary N) is 2. The van der Waals surface area contributed by atoms with Crippen molar-refractivity contribution in [2.24, 2.45) is 5.73 Å². The molecule has 0 aliphatic carbocycles. The Morgan fingerprint density at radius 1 is 0.531 bits per heavy atom. The third kappa shape index (κ3) is 13.2. The lowest BCUT2D eigenvalue weighted by Crippen LogP contribution is -3.00. The number of carbonyl (C=O) groups excluding carboxylic acids is 4. The maximum Gasteiger partial charge on any atom is 0.325 e. The molecule has 334 valence electrons. The van der Waals surface area contributed by atoms with Gasteiger partial charge in [-0.25, -0.2) is 0 Å². The average molecular weight is 1050 g/mol. The van der Waals surface area contributed by atoms with Crippen LogP contribution in [0.5, 0.6) is 0 Å². The summed E-state index contributed by atoms with van der Waals surface area (Å²) in [5.74, 6) is -2.31. The van der Waals surface area contributed by atoms with Crippen molar-refractivity contribution in [3.8, 4) is 0 Å².